The third kappa shape index (κ3) is 5.76. The minimum absolute atomic E-state index is 0.0154. The van der Waals surface area contributed by atoms with E-state index in [0.717, 1.165) is 0 Å². The van der Waals surface area contributed by atoms with Crippen LogP contribution in [0.1, 0.15) is 41.5 Å². The van der Waals surface area contributed by atoms with Crippen LogP contribution in [-0.2, 0) is 9.59 Å². The van der Waals surface area contributed by atoms with Crippen LogP contribution < -0.4 is 15.0 Å². The second-order valence-corrected chi connectivity index (χ2v) is 6.54. The number of benzene rings is 1. The van der Waals surface area contributed by atoms with Crippen LogP contribution in [0.5, 0.6) is 5.75 Å². The number of hydrogen-bond acceptors (Lipinski definition) is 3. The van der Waals surface area contributed by atoms with Gasteiger partial charge in [0.1, 0.15) is 12.3 Å². The second kappa shape index (κ2) is 7.29. The Morgan fingerprint density at radius 2 is 1.82 bits per heavy atom. The lowest BCUT2D eigenvalue weighted by Crippen LogP contribution is -2.47. The Balaban J connectivity index is 3.02. The Bertz CT molecular complexity index is 533. The molecule has 0 aliphatic heterocycles. The quantitative estimate of drug-likeness (QED) is 0.910. The summed E-state index contributed by atoms with van der Waals surface area (Å²) in [6, 6.07) is 7.24. The van der Waals surface area contributed by atoms with Crippen LogP contribution in [0, 0.1) is 0 Å². The molecule has 1 aromatic carbocycles. The molecule has 0 aliphatic rings. The number of carbonyl (C=O) groups excluding carboxylic acids is 2. The predicted octanol–water partition coefficient (Wildman–Crippen LogP) is 2.74. The van der Waals surface area contributed by atoms with Crippen LogP contribution in [0.4, 0.5) is 5.69 Å². The lowest BCUT2D eigenvalue weighted by molar-refractivity contribution is -0.124. The molecule has 0 radical (unpaired) electrons. The molecule has 0 aromatic heterocycles. The number of carbonyl (C=O) groups is 2. The van der Waals surface area contributed by atoms with E-state index in [1.807, 2.05) is 46.8 Å². The molecule has 0 spiro atoms. The van der Waals surface area contributed by atoms with Crippen LogP contribution >= 0.6 is 0 Å². The summed E-state index contributed by atoms with van der Waals surface area (Å²) in [7, 11) is 0. The Morgan fingerprint density at radius 3 is 2.32 bits per heavy atom. The van der Waals surface area contributed by atoms with Crippen LogP contribution in [-0.4, -0.2) is 30.0 Å². The predicted molar refractivity (Wildman–Crippen MR) is 88.1 cm³/mol. The van der Waals surface area contributed by atoms with Crippen molar-refractivity contribution in [1.82, 2.24) is 5.32 Å². The first-order chi connectivity index (χ1) is 10.1. The van der Waals surface area contributed by atoms with Crippen LogP contribution in [0.15, 0.2) is 24.3 Å². The topological polar surface area (TPSA) is 58.6 Å². The highest BCUT2D eigenvalue weighted by atomic mass is 16.5. The number of para-hydroxylation sites is 2. The van der Waals surface area contributed by atoms with E-state index >= 15 is 0 Å². The Labute approximate surface area is 132 Å². The highest BCUT2D eigenvalue weighted by Gasteiger charge is 2.22. The maximum absolute atomic E-state index is 12.1. The fourth-order valence-corrected chi connectivity index (χ4v) is 2.00. The number of nitrogens with one attached hydrogen (secondary N) is 1. The van der Waals surface area contributed by atoms with Gasteiger partial charge < -0.3 is 10.1 Å². The van der Waals surface area contributed by atoms with Gasteiger partial charge in [-0.1, -0.05) is 12.1 Å². The number of rotatable bonds is 5. The van der Waals surface area contributed by atoms with Crippen molar-refractivity contribution in [2.75, 3.05) is 11.4 Å². The van der Waals surface area contributed by atoms with E-state index in [0.29, 0.717) is 11.4 Å². The second-order valence-electron chi connectivity index (χ2n) is 6.54. The summed E-state index contributed by atoms with van der Waals surface area (Å²) >= 11 is 0. The zero-order chi connectivity index (χ0) is 16.9. The molecule has 0 saturated heterocycles. The first-order valence-electron chi connectivity index (χ1n) is 7.45. The summed E-state index contributed by atoms with van der Waals surface area (Å²) in [5.74, 6) is 0.183. The van der Waals surface area contributed by atoms with E-state index in [9.17, 15) is 9.59 Å². The third-order valence-electron chi connectivity index (χ3n) is 2.71. The van der Waals surface area contributed by atoms with Gasteiger partial charge in [-0.25, -0.2) is 0 Å². The number of anilines is 1. The summed E-state index contributed by atoms with van der Waals surface area (Å²) in [6.45, 7) is 10.9. The molecule has 0 fully saturated rings. The molecule has 22 heavy (non-hydrogen) atoms. The van der Waals surface area contributed by atoms with Crippen LogP contribution in [0.25, 0.3) is 0 Å². The van der Waals surface area contributed by atoms with Gasteiger partial charge in [-0.05, 0) is 46.8 Å². The van der Waals surface area contributed by atoms with Crippen molar-refractivity contribution in [3.05, 3.63) is 24.3 Å². The van der Waals surface area contributed by atoms with E-state index in [1.54, 1.807) is 12.1 Å². The summed E-state index contributed by atoms with van der Waals surface area (Å²) < 4.78 is 5.73. The molecular weight excluding hydrogens is 280 g/mol. The summed E-state index contributed by atoms with van der Waals surface area (Å²) in [6.07, 6.45) is -0.0154. The van der Waals surface area contributed by atoms with Gasteiger partial charge in [-0.2, -0.15) is 0 Å². The van der Waals surface area contributed by atoms with E-state index in [-0.39, 0.29) is 30.0 Å². The SMILES string of the molecule is CC(=O)N(CC(=O)NC(C)(C)C)c1ccccc1OC(C)C. The highest BCUT2D eigenvalue weighted by Crippen LogP contribution is 2.29. The van der Waals surface area contributed by atoms with E-state index in [4.69, 9.17) is 4.74 Å². The van der Waals surface area contributed by atoms with Gasteiger partial charge in [0, 0.05) is 12.5 Å². The van der Waals surface area contributed by atoms with Crippen molar-refractivity contribution >= 4 is 17.5 Å². The first kappa shape index (κ1) is 18.0. The molecule has 0 saturated carbocycles. The summed E-state index contributed by atoms with van der Waals surface area (Å²) in [4.78, 5) is 25.5. The summed E-state index contributed by atoms with van der Waals surface area (Å²) in [5, 5.41) is 2.86. The van der Waals surface area contributed by atoms with Crippen molar-refractivity contribution in [1.29, 1.82) is 0 Å². The molecule has 122 valence electrons. The summed E-state index contributed by atoms with van der Waals surface area (Å²) in [5.41, 5.74) is 0.265. The standard InChI is InChI=1S/C17H26N2O3/c1-12(2)22-15-10-8-7-9-14(15)19(13(3)20)11-16(21)18-17(4,5)6/h7-10,12H,11H2,1-6H3,(H,18,21). The van der Waals surface area contributed by atoms with E-state index in [2.05, 4.69) is 5.32 Å². The zero-order valence-electron chi connectivity index (χ0n) is 14.3. The van der Waals surface area contributed by atoms with Crippen molar-refractivity contribution < 1.29 is 14.3 Å². The van der Waals surface area contributed by atoms with Crippen LogP contribution in [0.3, 0.4) is 0 Å². The number of nitrogens with zero attached hydrogens (tertiary/aromatic N) is 1. The minimum atomic E-state index is -0.340. The average Bonchev–Trinajstić information content (AvgIpc) is 2.33. The van der Waals surface area contributed by atoms with Gasteiger partial charge in [0.25, 0.3) is 0 Å². The maximum Gasteiger partial charge on any atom is 0.240 e. The number of amides is 2. The smallest absolute Gasteiger partial charge is 0.240 e. The molecule has 1 rings (SSSR count). The molecular formula is C17H26N2O3. The molecule has 0 aliphatic carbocycles. The van der Waals surface area contributed by atoms with Gasteiger partial charge in [0.05, 0.1) is 11.8 Å². The Kier molecular flexibility index (Phi) is 5.97. The van der Waals surface area contributed by atoms with E-state index in [1.165, 1.54) is 11.8 Å². The molecule has 0 bridgehead atoms. The molecule has 2 amide bonds. The molecule has 0 unspecified atom stereocenters. The third-order valence-corrected chi connectivity index (χ3v) is 2.71. The minimum Gasteiger partial charge on any atom is -0.489 e. The van der Waals surface area contributed by atoms with Gasteiger partial charge in [0.2, 0.25) is 11.8 Å². The van der Waals surface area contributed by atoms with Gasteiger partial charge in [-0.15, -0.1) is 0 Å². The number of ether oxygens (including phenoxy) is 1. The molecule has 0 heterocycles. The van der Waals surface area contributed by atoms with Crippen molar-refractivity contribution in [3.8, 4) is 5.75 Å². The average molecular weight is 306 g/mol. The Morgan fingerprint density at radius 1 is 1.23 bits per heavy atom. The Hall–Kier alpha value is -2.04. The van der Waals surface area contributed by atoms with Crippen molar-refractivity contribution in [3.63, 3.8) is 0 Å². The molecule has 5 nitrogen and oxygen atoms in total. The normalized spacial score (nSPS) is 11.2. The zero-order valence-corrected chi connectivity index (χ0v) is 14.3. The highest BCUT2D eigenvalue weighted by molar-refractivity contribution is 5.98. The number of hydrogen-bond donors (Lipinski definition) is 1. The fraction of sp³-hybridized carbons (Fsp3) is 0.529. The molecule has 0 atom stereocenters. The van der Waals surface area contributed by atoms with Gasteiger partial charge >= 0.3 is 0 Å². The molecule has 1 aromatic rings. The van der Waals surface area contributed by atoms with Crippen LogP contribution in [0.2, 0.25) is 0 Å². The first-order valence-corrected chi connectivity index (χ1v) is 7.45. The largest absolute Gasteiger partial charge is 0.489 e. The van der Waals surface area contributed by atoms with Crippen molar-refractivity contribution in [2.45, 2.75) is 53.2 Å². The van der Waals surface area contributed by atoms with Crippen molar-refractivity contribution in [2.24, 2.45) is 0 Å². The molecule has 5 heteroatoms. The lowest BCUT2D eigenvalue weighted by Gasteiger charge is -2.26. The van der Waals surface area contributed by atoms with Gasteiger partial charge in [0.15, 0.2) is 0 Å². The fourth-order valence-electron chi connectivity index (χ4n) is 2.00. The monoisotopic (exact) mass is 306 g/mol. The van der Waals surface area contributed by atoms with E-state index < -0.39 is 0 Å². The van der Waals surface area contributed by atoms with Gasteiger partial charge in [-0.3, -0.25) is 14.5 Å². The molecule has 1 N–H and O–H groups in total. The lowest BCUT2D eigenvalue weighted by atomic mass is 10.1. The maximum atomic E-state index is 12.1.